The van der Waals surface area contributed by atoms with E-state index in [1.807, 2.05) is 6.92 Å². The Hall–Kier alpha value is -2.18. The number of carboxylic acid groups (broad SMARTS) is 1. The van der Waals surface area contributed by atoms with E-state index in [0.717, 1.165) is 6.07 Å². The summed E-state index contributed by atoms with van der Waals surface area (Å²) in [7, 11) is 0. The van der Waals surface area contributed by atoms with E-state index >= 15 is 0 Å². The van der Waals surface area contributed by atoms with Crippen LogP contribution in [0.15, 0.2) is 12.1 Å². The average molecular weight is 284 g/mol. The molecule has 7 heteroatoms. The summed E-state index contributed by atoms with van der Waals surface area (Å²) in [5.41, 5.74) is -0.0513. The van der Waals surface area contributed by atoms with Crippen molar-refractivity contribution in [3.05, 3.63) is 33.6 Å². The summed E-state index contributed by atoms with van der Waals surface area (Å²) < 4.78 is 13.5. The minimum atomic E-state index is -1.10. The molecule has 110 valence electrons. The van der Waals surface area contributed by atoms with Crippen LogP contribution in [0.5, 0.6) is 0 Å². The Morgan fingerprint density at radius 2 is 2.15 bits per heavy atom. The fourth-order valence-corrected chi connectivity index (χ4v) is 1.88. The highest BCUT2D eigenvalue weighted by molar-refractivity contribution is 5.76. The van der Waals surface area contributed by atoms with Gasteiger partial charge in [0, 0.05) is 6.04 Å². The van der Waals surface area contributed by atoms with Gasteiger partial charge in [0.1, 0.15) is 18.0 Å². The summed E-state index contributed by atoms with van der Waals surface area (Å²) in [6.45, 7) is 4.73. The zero-order valence-corrected chi connectivity index (χ0v) is 11.6. The Morgan fingerprint density at radius 1 is 1.55 bits per heavy atom. The Labute approximate surface area is 116 Å². The molecule has 1 rings (SSSR count). The molecule has 6 nitrogen and oxygen atoms in total. The van der Waals surface area contributed by atoms with Gasteiger partial charge >= 0.3 is 5.97 Å². The van der Waals surface area contributed by atoms with Crippen LogP contribution in [0.25, 0.3) is 0 Å². The maximum Gasteiger partial charge on any atom is 0.323 e. The minimum Gasteiger partial charge on any atom is -0.480 e. The van der Waals surface area contributed by atoms with E-state index in [2.05, 4.69) is 0 Å². The Balaban J connectivity index is 3.41. The molecule has 0 spiro atoms. The first-order valence-electron chi connectivity index (χ1n) is 6.20. The van der Waals surface area contributed by atoms with Gasteiger partial charge in [-0.05, 0) is 31.9 Å². The van der Waals surface area contributed by atoms with Crippen LogP contribution in [0, 0.1) is 22.9 Å². The highest BCUT2D eigenvalue weighted by Gasteiger charge is 2.26. The van der Waals surface area contributed by atoms with Gasteiger partial charge in [-0.25, -0.2) is 4.39 Å². The first-order valence-corrected chi connectivity index (χ1v) is 6.20. The van der Waals surface area contributed by atoms with Crippen molar-refractivity contribution in [3.63, 3.8) is 0 Å². The molecule has 0 aliphatic carbocycles. The van der Waals surface area contributed by atoms with Gasteiger partial charge in [0.25, 0.3) is 5.69 Å². The minimum absolute atomic E-state index is 0.130. The van der Waals surface area contributed by atoms with Crippen molar-refractivity contribution in [1.82, 2.24) is 0 Å². The molecule has 0 amide bonds. The molecule has 0 heterocycles. The van der Waals surface area contributed by atoms with E-state index in [4.69, 9.17) is 5.11 Å². The van der Waals surface area contributed by atoms with Crippen molar-refractivity contribution in [1.29, 1.82) is 0 Å². The van der Waals surface area contributed by atoms with Crippen LogP contribution in [-0.4, -0.2) is 28.6 Å². The molecule has 0 radical (unpaired) electrons. The van der Waals surface area contributed by atoms with Crippen LogP contribution in [0.3, 0.4) is 0 Å². The van der Waals surface area contributed by atoms with E-state index < -0.39 is 22.4 Å². The van der Waals surface area contributed by atoms with Crippen LogP contribution in [-0.2, 0) is 4.79 Å². The number of carboxylic acids is 1. The highest BCUT2D eigenvalue weighted by atomic mass is 19.1. The molecular weight excluding hydrogens is 267 g/mol. The average Bonchev–Trinajstić information content (AvgIpc) is 2.37. The summed E-state index contributed by atoms with van der Waals surface area (Å²) >= 11 is 0. The quantitative estimate of drug-likeness (QED) is 0.641. The molecule has 1 unspecified atom stereocenters. The lowest BCUT2D eigenvalue weighted by atomic mass is 10.1. The smallest absolute Gasteiger partial charge is 0.323 e. The monoisotopic (exact) mass is 284 g/mol. The number of benzene rings is 1. The second-order valence-corrected chi connectivity index (χ2v) is 4.63. The third kappa shape index (κ3) is 3.43. The molecule has 1 aromatic rings. The first-order chi connectivity index (χ1) is 9.27. The molecule has 1 aromatic carbocycles. The van der Waals surface area contributed by atoms with E-state index in [9.17, 15) is 19.3 Å². The number of nitro benzene ring substituents is 1. The number of hydrogen-bond donors (Lipinski definition) is 1. The number of aryl methyl sites for hydroxylation is 1. The molecule has 1 N–H and O–H groups in total. The van der Waals surface area contributed by atoms with Crippen molar-refractivity contribution < 1.29 is 19.2 Å². The van der Waals surface area contributed by atoms with E-state index in [1.54, 1.807) is 6.92 Å². The largest absolute Gasteiger partial charge is 0.480 e. The number of carbonyl (C=O) groups is 1. The Morgan fingerprint density at radius 3 is 2.60 bits per heavy atom. The number of hydrogen-bond acceptors (Lipinski definition) is 4. The van der Waals surface area contributed by atoms with E-state index in [-0.39, 0.29) is 23.8 Å². The predicted octanol–water partition coefficient (Wildman–Crippen LogP) is 2.73. The fraction of sp³-hybridized carbons (Fsp3) is 0.462. The number of halogens is 1. The third-order valence-corrected chi connectivity index (χ3v) is 3.19. The molecule has 0 saturated heterocycles. The van der Waals surface area contributed by atoms with Crippen molar-refractivity contribution in [2.75, 3.05) is 11.4 Å². The van der Waals surface area contributed by atoms with Crippen LogP contribution in [0.4, 0.5) is 15.8 Å². The van der Waals surface area contributed by atoms with Gasteiger partial charge < -0.3 is 10.0 Å². The van der Waals surface area contributed by atoms with Gasteiger partial charge in [0.05, 0.1) is 11.0 Å². The van der Waals surface area contributed by atoms with Gasteiger partial charge in [0.2, 0.25) is 0 Å². The van der Waals surface area contributed by atoms with Crippen molar-refractivity contribution in [2.24, 2.45) is 0 Å². The molecule has 1 atom stereocenters. The molecule has 0 aliphatic heterocycles. The standard InChI is InChI=1S/C13H17FN2O4/c1-4-9(3)15(7-13(17)18)11-5-8(2)10(14)6-12(11)16(19)20/h5-6,9H,4,7H2,1-3H3,(H,17,18). The number of aliphatic carboxylic acids is 1. The zero-order valence-electron chi connectivity index (χ0n) is 11.6. The second-order valence-electron chi connectivity index (χ2n) is 4.63. The van der Waals surface area contributed by atoms with Gasteiger partial charge in [0.15, 0.2) is 0 Å². The molecule has 0 aliphatic rings. The predicted molar refractivity (Wildman–Crippen MR) is 72.5 cm³/mol. The maximum absolute atomic E-state index is 13.5. The maximum atomic E-state index is 13.5. The van der Waals surface area contributed by atoms with Crippen LogP contribution in [0.2, 0.25) is 0 Å². The number of anilines is 1. The summed E-state index contributed by atoms with van der Waals surface area (Å²) in [6, 6.07) is 1.94. The van der Waals surface area contributed by atoms with Gasteiger partial charge in [-0.2, -0.15) is 0 Å². The van der Waals surface area contributed by atoms with Crippen LogP contribution < -0.4 is 4.90 Å². The lowest BCUT2D eigenvalue weighted by Gasteiger charge is -2.29. The second kappa shape index (κ2) is 6.31. The van der Waals surface area contributed by atoms with Gasteiger partial charge in [-0.3, -0.25) is 14.9 Å². The van der Waals surface area contributed by atoms with Gasteiger partial charge in [-0.15, -0.1) is 0 Å². The van der Waals surface area contributed by atoms with E-state index in [0.29, 0.717) is 6.42 Å². The lowest BCUT2D eigenvalue weighted by Crippen LogP contribution is -2.37. The molecule has 0 bridgehead atoms. The van der Waals surface area contributed by atoms with Crippen molar-refractivity contribution in [2.45, 2.75) is 33.2 Å². The lowest BCUT2D eigenvalue weighted by molar-refractivity contribution is -0.384. The first kappa shape index (κ1) is 15.9. The number of nitro groups is 1. The normalized spacial score (nSPS) is 12.0. The number of nitrogens with zero attached hydrogens (tertiary/aromatic N) is 2. The summed E-state index contributed by atoms with van der Waals surface area (Å²) in [5.74, 6) is -1.78. The third-order valence-electron chi connectivity index (χ3n) is 3.19. The zero-order chi connectivity index (χ0) is 15.4. The van der Waals surface area contributed by atoms with Crippen molar-refractivity contribution >= 4 is 17.3 Å². The molecule has 0 aromatic heterocycles. The molecular formula is C13H17FN2O4. The van der Waals surface area contributed by atoms with E-state index in [1.165, 1.54) is 17.9 Å². The Bertz CT molecular complexity index is 533. The van der Waals surface area contributed by atoms with Crippen LogP contribution in [0.1, 0.15) is 25.8 Å². The summed E-state index contributed by atoms with van der Waals surface area (Å²) in [5, 5.41) is 20.0. The van der Waals surface area contributed by atoms with Crippen LogP contribution >= 0.6 is 0 Å². The molecule has 0 saturated carbocycles. The summed E-state index contributed by atoms with van der Waals surface area (Å²) in [6.07, 6.45) is 0.612. The molecule has 0 fully saturated rings. The number of rotatable bonds is 6. The highest BCUT2D eigenvalue weighted by Crippen LogP contribution is 2.32. The van der Waals surface area contributed by atoms with Gasteiger partial charge in [-0.1, -0.05) is 6.92 Å². The SMILES string of the molecule is CCC(C)N(CC(=O)O)c1cc(C)c(F)cc1[N+](=O)[O-]. The summed E-state index contributed by atoms with van der Waals surface area (Å²) in [4.78, 5) is 22.7. The topological polar surface area (TPSA) is 83.7 Å². The molecule has 20 heavy (non-hydrogen) atoms. The Kier molecular flexibility index (Phi) is 5.01. The van der Waals surface area contributed by atoms with Crippen molar-refractivity contribution in [3.8, 4) is 0 Å². The fourth-order valence-electron chi connectivity index (χ4n) is 1.88.